The molecule has 1 aliphatic heterocycles. The molecule has 2 N–H and O–H groups in total. The number of nitrogens with zero attached hydrogens (tertiary/aromatic N) is 2. The van der Waals surface area contributed by atoms with Crippen LogP contribution in [0.2, 0.25) is 0 Å². The van der Waals surface area contributed by atoms with Gasteiger partial charge in [-0.25, -0.2) is 4.79 Å². The van der Waals surface area contributed by atoms with Crippen LogP contribution in [-0.2, 0) is 14.4 Å². The highest BCUT2D eigenvalue weighted by molar-refractivity contribution is 8.26. The number of hydrogen-bond donors (Lipinski definition) is 2. The van der Waals surface area contributed by atoms with Crippen LogP contribution in [0.5, 0.6) is 0 Å². The van der Waals surface area contributed by atoms with Crippen LogP contribution in [-0.4, -0.2) is 48.2 Å². The van der Waals surface area contributed by atoms with Gasteiger partial charge in [-0.05, 0) is 37.1 Å². The van der Waals surface area contributed by atoms with Crippen LogP contribution >= 0.6 is 24.0 Å². The van der Waals surface area contributed by atoms with Gasteiger partial charge in [-0.1, -0.05) is 30.0 Å². The predicted molar refractivity (Wildman–Crippen MR) is 119 cm³/mol. The van der Waals surface area contributed by atoms with Crippen LogP contribution in [0.3, 0.4) is 0 Å². The Morgan fingerprint density at radius 1 is 1.31 bits per heavy atom. The lowest BCUT2D eigenvalue weighted by Crippen LogP contribution is -2.44. The van der Waals surface area contributed by atoms with Gasteiger partial charge in [0.05, 0.1) is 15.4 Å². The summed E-state index contributed by atoms with van der Waals surface area (Å²) in [5, 5.41) is 29.6. The van der Waals surface area contributed by atoms with E-state index in [2.05, 4.69) is 0 Å². The van der Waals surface area contributed by atoms with Crippen molar-refractivity contribution in [3.05, 3.63) is 56.7 Å². The Balaban J connectivity index is 1.88. The average Bonchev–Trinajstić information content (AvgIpc) is 3.27. The van der Waals surface area contributed by atoms with Crippen molar-refractivity contribution < 1.29 is 33.9 Å². The summed E-state index contributed by atoms with van der Waals surface area (Å²) in [5.74, 6) is -2.80. The Labute approximate surface area is 190 Å². The van der Waals surface area contributed by atoms with Gasteiger partial charge in [-0.3, -0.25) is 24.6 Å². The number of hydrogen-bond acceptors (Lipinski definition) is 8. The first-order chi connectivity index (χ1) is 15.1. The number of aryl methyl sites for hydroxylation is 1. The van der Waals surface area contributed by atoms with Gasteiger partial charge in [0.25, 0.3) is 11.6 Å². The van der Waals surface area contributed by atoms with Crippen molar-refractivity contribution in [2.75, 3.05) is 0 Å². The first kappa shape index (κ1) is 23.2. The SMILES string of the molecule is Cc1ccc(-c2ccc(/C=C3/SC(=S)N([C@@H](CCC(=O)O)C(=O)O)C3=O)o2)c([N+](=O)[O-])c1. The van der Waals surface area contributed by atoms with Crippen molar-refractivity contribution in [1.29, 1.82) is 0 Å². The number of aliphatic carboxylic acids is 2. The largest absolute Gasteiger partial charge is 0.481 e. The summed E-state index contributed by atoms with van der Waals surface area (Å²) in [7, 11) is 0. The number of carbonyl (C=O) groups excluding carboxylic acids is 1. The highest BCUT2D eigenvalue weighted by Crippen LogP contribution is 2.37. The number of rotatable bonds is 8. The van der Waals surface area contributed by atoms with Crippen LogP contribution in [0, 0.1) is 17.0 Å². The zero-order valence-electron chi connectivity index (χ0n) is 16.5. The van der Waals surface area contributed by atoms with E-state index in [1.807, 2.05) is 0 Å². The number of carbonyl (C=O) groups is 3. The predicted octanol–water partition coefficient (Wildman–Crippen LogP) is 3.68. The number of benzene rings is 1. The molecule has 2 heterocycles. The van der Waals surface area contributed by atoms with Gasteiger partial charge in [0.1, 0.15) is 21.9 Å². The Morgan fingerprint density at radius 3 is 2.66 bits per heavy atom. The zero-order valence-corrected chi connectivity index (χ0v) is 18.1. The number of thiocarbonyl (C=S) groups is 1. The molecule has 1 amide bonds. The lowest BCUT2D eigenvalue weighted by atomic mass is 10.1. The molecule has 0 spiro atoms. The van der Waals surface area contributed by atoms with E-state index in [9.17, 15) is 29.6 Å². The van der Waals surface area contributed by atoms with E-state index in [4.69, 9.17) is 21.7 Å². The van der Waals surface area contributed by atoms with Gasteiger partial charge in [0.2, 0.25) is 0 Å². The lowest BCUT2D eigenvalue weighted by Gasteiger charge is -2.22. The molecule has 3 rings (SSSR count). The number of nitro groups is 1. The number of carboxylic acid groups (broad SMARTS) is 2. The highest BCUT2D eigenvalue weighted by atomic mass is 32.2. The number of thioether (sulfide) groups is 1. The summed E-state index contributed by atoms with van der Waals surface area (Å²) < 4.78 is 5.65. The molecule has 0 saturated carbocycles. The molecule has 1 fully saturated rings. The fraction of sp³-hybridized carbons (Fsp3) is 0.200. The van der Waals surface area contributed by atoms with E-state index < -0.39 is 35.2 Å². The van der Waals surface area contributed by atoms with Crippen LogP contribution in [0.1, 0.15) is 24.2 Å². The van der Waals surface area contributed by atoms with Crippen molar-refractivity contribution in [3.8, 4) is 11.3 Å². The first-order valence-electron chi connectivity index (χ1n) is 9.15. The molecule has 0 radical (unpaired) electrons. The average molecular weight is 476 g/mol. The van der Waals surface area contributed by atoms with Crippen molar-refractivity contribution in [2.24, 2.45) is 0 Å². The molecule has 1 aliphatic rings. The monoisotopic (exact) mass is 476 g/mol. The van der Waals surface area contributed by atoms with Crippen LogP contribution < -0.4 is 0 Å². The molecule has 1 atom stereocenters. The zero-order chi connectivity index (χ0) is 23.6. The summed E-state index contributed by atoms with van der Waals surface area (Å²) in [6, 6.07) is 6.33. The van der Waals surface area contributed by atoms with Crippen molar-refractivity contribution >= 4 is 57.9 Å². The molecule has 166 valence electrons. The minimum Gasteiger partial charge on any atom is -0.481 e. The van der Waals surface area contributed by atoms with Crippen LogP contribution in [0.4, 0.5) is 5.69 Å². The van der Waals surface area contributed by atoms with Gasteiger partial charge < -0.3 is 14.6 Å². The Hall–Kier alpha value is -3.51. The van der Waals surface area contributed by atoms with Gasteiger partial charge in [-0.15, -0.1) is 0 Å². The van der Waals surface area contributed by atoms with Crippen molar-refractivity contribution in [2.45, 2.75) is 25.8 Å². The van der Waals surface area contributed by atoms with E-state index in [0.717, 1.165) is 16.7 Å². The molecule has 12 heteroatoms. The standard InChI is InChI=1S/C20H16N2O8S2/c1-10-2-4-12(14(8-10)22(28)29)15-6-3-11(30-15)9-16-18(25)21(20(31)32-16)13(19(26)27)5-7-17(23)24/h2-4,6,8-9,13H,5,7H2,1H3,(H,23,24)(H,26,27)/b16-9+/t13-/m0/s1. The van der Waals surface area contributed by atoms with E-state index in [-0.39, 0.29) is 38.4 Å². The third kappa shape index (κ3) is 4.86. The minimum atomic E-state index is -1.41. The third-order valence-electron chi connectivity index (χ3n) is 4.57. The first-order valence-corrected chi connectivity index (χ1v) is 10.4. The molecule has 32 heavy (non-hydrogen) atoms. The second-order valence-corrected chi connectivity index (χ2v) is 8.49. The summed E-state index contributed by atoms with van der Waals surface area (Å²) in [6.45, 7) is 1.73. The van der Waals surface area contributed by atoms with Gasteiger partial charge in [-0.2, -0.15) is 0 Å². The Bertz CT molecular complexity index is 1170. The smallest absolute Gasteiger partial charge is 0.326 e. The van der Waals surface area contributed by atoms with E-state index in [1.165, 1.54) is 24.3 Å². The minimum absolute atomic E-state index is 0.0139. The molecule has 10 nitrogen and oxygen atoms in total. The maximum atomic E-state index is 12.8. The molecule has 1 aromatic heterocycles. The lowest BCUT2D eigenvalue weighted by molar-refractivity contribution is -0.384. The normalized spacial score (nSPS) is 15.9. The molecule has 0 unspecified atom stereocenters. The molecular weight excluding hydrogens is 460 g/mol. The fourth-order valence-electron chi connectivity index (χ4n) is 3.08. The van der Waals surface area contributed by atoms with Crippen LogP contribution in [0.15, 0.2) is 39.7 Å². The van der Waals surface area contributed by atoms with E-state index >= 15 is 0 Å². The number of nitro benzene ring substituents is 1. The fourth-order valence-corrected chi connectivity index (χ4v) is 4.41. The molecular formula is C20H16N2O8S2. The summed E-state index contributed by atoms with van der Waals surface area (Å²) >= 11 is 6.00. The maximum Gasteiger partial charge on any atom is 0.326 e. The molecule has 2 aromatic rings. The number of furan rings is 1. The summed E-state index contributed by atoms with van der Waals surface area (Å²) in [5.41, 5.74) is 0.860. The summed E-state index contributed by atoms with van der Waals surface area (Å²) in [6.07, 6.45) is 0.620. The van der Waals surface area contributed by atoms with Gasteiger partial charge in [0.15, 0.2) is 0 Å². The Kier molecular flexibility index (Phi) is 6.75. The third-order valence-corrected chi connectivity index (χ3v) is 5.90. The number of amides is 1. The summed E-state index contributed by atoms with van der Waals surface area (Å²) in [4.78, 5) is 47.0. The second-order valence-electron chi connectivity index (χ2n) is 6.82. The van der Waals surface area contributed by atoms with Gasteiger partial charge >= 0.3 is 11.9 Å². The molecule has 1 saturated heterocycles. The van der Waals surface area contributed by atoms with E-state index in [0.29, 0.717) is 5.56 Å². The highest BCUT2D eigenvalue weighted by Gasteiger charge is 2.40. The molecule has 1 aromatic carbocycles. The molecule has 0 aliphatic carbocycles. The topological polar surface area (TPSA) is 151 Å². The van der Waals surface area contributed by atoms with Crippen molar-refractivity contribution in [1.82, 2.24) is 4.90 Å². The van der Waals surface area contributed by atoms with Crippen LogP contribution in [0.25, 0.3) is 17.4 Å². The van der Waals surface area contributed by atoms with Crippen molar-refractivity contribution in [3.63, 3.8) is 0 Å². The quantitative estimate of drug-likeness (QED) is 0.250. The molecule has 0 bridgehead atoms. The second kappa shape index (κ2) is 9.32. The Morgan fingerprint density at radius 2 is 2.03 bits per heavy atom. The van der Waals surface area contributed by atoms with Gasteiger partial charge in [0, 0.05) is 18.6 Å². The maximum absolute atomic E-state index is 12.8. The number of carboxylic acids is 2. The van der Waals surface area contributed by atoms with E-state index in [1.54, 1.807) is 19.1 Å².